The molecule has 1 N–H and O–H groups in total. The normalized spacial score (nSPS) is 15.7. The van der Waals surface area contributed by atoms with Gasteiger partial charge < -0.3 is 10.2 Å². The van der Waals surface area contributed by atoms with Crippen LogP contribution in [-0.2, 0) is 10.0 Å². The van der Waals surface area contributed by atoms with E-state index < -0.39 is 15.8 Å². The summed E-state index contributed by atoms with van der Waals surface area (Å²) in [4.78, 5) is 1.79. The summed E-state index contributed by atoms with van der Waals surface area (Å²) >= 11 is 5.33. The molecule has 0 radical (unpaired) electrons. The molecule has 9 heteroatoms. The summed E-state index contributed by atoms with van der Waals surface area (Å²) in [7, 11) is -3.74. The predicted molar refractivity (Wildman–Crippen MR) is 99.4 cm³/mol. The van der Waals surface area contributed by atoms with Crippen molar-refractivity contribution in [3.05, 3.63) is 60.2 Å². The average molecular weight is 397 g/mol. The second-order valence-electron chi connectivity index (χ2n) is 5.79. The number of anilines is 1. The number of nitrogens with zero attached hydrogens (tertiary/aromatic N) is 2. The Bertz CT molecular complexity index is 896. The van der Waals surface area contributed by atoms with Gasteiger partial charge in [-0.2, -0.15) is 4.31 Å². The maximum atomic E-state index is 13.3. The number of benzene rings is 2. The van der Waals surface area contributed by atoms with Gasteiger partial charge in [-0.05, 0) is 54.7 Å². The Balaban J connectivity index is 1.61. The molecule has 0 aromatic heterocycles. The minimum absolute atomic E-state index is 0.0574. The van der Waals surface area contributed by atoms with Crippen LogP contribution in [0.4, 0.5) is 14.5 Å². The number of hydrogen-bond acceptors (Lipinski definition) is 3. The van der Waals surface area contributed by atoms with Gasteiger partial charge >= 0.3 is 0 Å². The van der Waals surface area contributed by atoms with Crippen molar-refractivity contribution in [2.24, 2.45) is 0 Å². The van der Waals surface area contributed by atoms with Gasteiger partial charge in [0, 0.05) is 31.9 Å². The van der Waals surface area contributed by atoms with Crippen LogP contribution < -0.4 is 5.32 Å². The van der Waals surface area contributed by atoms with E-state index >= 15 is 0 Å². The molecular weight excluding hydrogens is 380 g/mol. The molecule has 1 fully saturated rings. The Morgan fingerprint density at radius 3 is 2.23 bits per heavy atom. The van der Waals surface area contributed by atoms with Crippen molar-refractivity contribution in [2.75, 3.05) is 31.5 Å². The van der Waals surface area contributed by atoms with Crippen LogP contribution in [0.2, 0.25) is 0 Å². The second-order valence-corrected chi connectivity index (χ2v) is 8.11. The van der Waals surface area contributed by atoms with E-state index in [0.29, 0.717) is 23.9 Å². The van der Waals surface area contributed by atoms with Crippen LogP contribution in [0, 0.1) is 11.6 Å². The van der Waals surface area contributed by atoms with E-state index in [0.717, 1.165) is 6.07 Å². The highest BCUT2D eigenvalue weighted by Crippen LogP contribution is 2.19. The zero-order chi connectivity index (χ0) is 18.7. The Morgan fingerprint density at radius 2 is 1.62 bits per heavy atom. The summed E-state index contributed by atoms with van der Waals surface area (Å²) in [5.74, 6) is -0.924. The van der Waals surface area contributed by atoms with Crippen LogP contribution in [0.1, 0.15) is 0 Å². The van der Waals surface area contributed by atoms with Crippen molar-refractivity contribution >= 4 is 33.0 Å². The third-order valence-corrected chi connectivity index (χ3v) is 6.31. The van der Waals surface area contributed by atoms with Gasteiger partial charge in [0.1, 0.15) is 11.6 Å². The molecule has 2 aromatic carbocycles. The highest BCUT2D eigenvalue weighted by atomic mass is 32.2. The molecular formula is C17H17F2N3O2S2. The third kappa shape index (κ3) is 4.17. The van der Waals surface area contributed by atoms with Crippen LogP contribution in [0.5, 0.6) is 0 Å². The van der Waals surface area contributed by atoms with Crippen LogP contribution in [-0.4, -0.2) is 48.9 Å². The first-order chi connectivity index (χ1) is 12.4. The van der Waals surface area contributed by atoms with E-state index in [1.54, 1.807) is 12.1 Å². The standard InChI is InChI=1S/C17H17F2N3O2S2/c18-13-4-6-15(7-5-13)20-17(25)21-8-10-22(11-9-21)26(23,24)16-3-1-2-14(19)12-16/h1-7,12H,8-11H2,(H,20,25). The van der Waals surface area contributed by atoms with E-state index in [2.05, 4.69) is 5.32 Å². The molecule has 5 nitrogen and oxygen atoms in total. The first kappa shape index (κ1) is 18.7. The molecule has 0 bridgehead atoms. The molecule has 26 heavy (non-hydrogen) atoms. The Morgan fingerprint density at radius 1 is 0.962 bits per heavy atom. The van der Waals surface area contributed by atoms with Crippen molar-refractivity contribution < 1.29 is 17.2 Å². The highest BCUT2D eigenvalue weighted by Gasteiger charge is 2.29. The van der Waals surface area contributed by atoms with Crippen LogP contribution in [0.25, 0.3) is 0 Å². The lowest BCUT2D eigenvalue weighted by atomic mass is 10.3. The zero-order valence-corrected chi connectivity index (χ0v) is 15.4. The molecule has 1 aliphatic heterocycles. The second kappa shape index (κ2) is 7.65. The Labute approximate surface area is 156 Å². The van der Waals surface area contributed by atoms with Crippen molar-refractivity contribution in [2.45, 2.75) is 4.90 Å². The number of hydrogen-bond donors (Lipinski definition) is 1. The smallest absolute Gasteiger partial charge is 0.243 e. The predicted octanol–water partition coefficient (Wildman–Crippen LogP) is 2.67. The summed E-state index contributed by atoms with van der Waals surface area (Å²) < 4.78 is 52.8. The molecule has 1 aliphatic rings. The SMILES string of the molecule is O=S(=O)(c1cccc(F)c1)N1CCN(C(=S)Nc2ccc(F)cc2)CC1. The Hall–Kier alpha value is -2.10. The lowest BCUT2D eigenvalue weighted by molar-refractivity contribution is 0.268. The molecule has 3 rings (SSSR count). The quantitative estimate of drug-likeness (QED) is 0.807. The van der Waals surface area contributed by atoms with Crippen LogP contribution in [0.15, 0.2) is 53.4 Å². The summed E-state index contributed by atoms with van der Waals surface area (Å²) in [6, 6.07) is 10.8. The van der Waals surface area contributed by atoms with Gasteiger partial charge in [-0.15, -0.1) is 0 Å². The molecule has 0 amide bonds. The molecule has 0 aliphatic carbocycles. The maximum absolute atomic E-state index is 13.3. The number of piperazine rings is 1. The van der Waals surface area contributed by atoms with Crippen molar-refractivity contribution in [3.8, 4) is 0 Å². The minimum atomic E-state index is -3.74. The first-order valence-electron chi connectivity index (χ1n) is 7.93. The fourth-order valence-electron chi connectivity index (χ4n) is 2.64. The van der Waals surface area contributed by atoms with E-state index in [4.69, 9.17) is 12.2 Å². The fourth-order valence-corrected chi connectivity index (χ4v) is 4.40. The van der Waals surface area contributed by atoms with E-state index in [1.807, 2.05) is 4.90 Å². The lowest BCUT2D eigenvalue weighted by Crippen LogP contribution is -2.51. The molecule has 0 atom stereocenters. The van der Waals surface area contributed by atoms with Gasteiger partial charge in [0.2, 0.25) is 10.0 Å². The minimum Gasteiger partial charge on any atom is -0.346 e. The van der Waals surface area contributed by atoms with Gasteiger partial charge in [-0.1, -0.05) is 6.07 Å². The van der Waals surface area contributed by atoms with Gasteiger partial charge in [0.25, 0.3) is 0 Å². The molecule has 1 saturated heterocycles. The van der Waals surface area contributed by atoms with E-state index in [1.165, 1.54) is 34.6 Å². The molecule has 0 saturated carbocycles. The average Bonchev–Trinajstić information content (AvgIpc) is 2.64. The van der Waals surface area contributed by atoms with Gasteiger partial charge in [0.15, 0.2) is 5.11 Å². The monoisotopic (exact) mass is 397 g/mol. The van der Waals surface area contributed by atoms with Crippen LogP contribution >= 0.6 is 12.2 Å². The topological polar surface area (TPSA) is 52.7 Å². The largest absolute Gasteiger partial charge is 0.346 e. The van der Waals surface area contributed by atoms with E-state index in [-0.39, 0.29) is 23.8 Å². The Kier molecular flexibility index (Phi) is 5.49. The molecule has 0 spiro atoms. The number of rotatable bonds is 3. The molecule has 1 heterocycles. The summed E-state index contributed by atoms with van der Waals surface area (Å²) in [6.07, 6.45) is 0. The fraction of sp³-hybridized carbons (Fsp3) is 0.235. The van der Waals surface area contributed by atoms with Crippen molar-refractivity contribution in [1.29, 1.82) is 0 Å². The molecule has 0 unspecified atom stereocenters. The number of sulfonamides is 1. The number of thiocarbonyl (C=S) groups is 1. The van der Waals surface area contributed by atoms with Crippen molar-refractivity contribution in [3.63, 3.8) is 0 Å². The van der Waals surface area contributed by atoms with E-state index in [9.17, 15) is 17.2 Å². The summed E-state index contributed by atoms with van der Waals surface area (Å²) in [5, 5.41) is 3.45. The van der Waals surface area contributed by atoms with Gasteiger partial charge in [-0.25, -0.2) is 17.2 Å². The van der Waals surface area contributed by atoms with Gasteiger partial charge in [0.05, 0.1) is 4.90 Å². The zero-order valence-electron chi connectivity index (χ0n) is 13.7. The van der Waals surface area contributed by atoms with Crippen molar-refractivity contribution in [1.82, 2.24) is 9.21 Å². The first-order valence-corrected chi connectivity index (χ1v) is 9.78. The number of nitrogens with one attached hydrogen (secondary N) is 1. The molecule has 138 valence electrons. The van der Waals surface area contributed by atoms with Gasteiger partial charge in [-0.3, -0.25) is 0 Å². The lowest BCUT2D eigenvalue weighted by Gasteiger charge is -2.35. The maximum Gasteiger partial charge on any atom is 0.243 e. The molecule has 2 aromatic rings. The third-order valence-electron chi connectivity index (χ3n) is 4.06. The summed E-state index contributed by atoms with van der Waals surface area (Å²) in [5.41, 5.74) is 0.659. The highest BCUT2D eigenvalue weighted by molar-refractivity contribution is 7.89. The summed E-state index contributed by atoms with van der Waals surface area (Å²) in [6.45, 7) is 1.29. The number of halogens is 2. The van der Waals surface area contributed by atoms with Crippen LogP contribution in [0.3, 0.4) is 0 Å².